The summed E-state index contributed by atoms with van der Waals surface area (Å²) in [5, 5.41) is 9.12. The Morgan fingerprint density at radius 3 is 2.67 bits per heavy atom. The molecule has 0 spiro atoms. The molecule has 0 atom stereocenters. The van der Waals surface area contributed by atoms with Crippen molar-refractivity contribution in [2.24, 2.45) is 0 Å². The van der Waals surface area contributed by atoms with Gasteiger partial charge in [0, 0.05) is 24.7 Å². The molecule has 1 aliphatic carbocycles. The van der Waals surface area contributed by atoms with Crippen molar-refractivity contribution in [1.29, 1.82) is 0 Å². The molecule has 0 aliphatic heterocycles. The van der Waals surface area contributed by atoms with Crippen molar-refractivity contribution in [1.82, 2.24) is 4.90 Å². The second-order valence-corrected chi connectivity index (χ2v) is 5.21. The maximum atomic E-state index is 9.12. The summed E-state index contributed by atoms with van der Waals surface area (Å²) in [6.07, 6.45) is 2.79. The van der Waals surface area contributed by atoms with Crippen LogP contribution >= 0.6 is 0 Å². The van der Waals surface area contributed by atoms with E-state index in [4.69, 9.17) is 9.84 Å². The van der Waals surface area contributed by atoms with Crippen LogP contribution in [0.2, 0.25) is 0 Å². The molecule has 0 amide bonds. The van der Waals surface area contributed by atoms with E-state index < -0.39 is 0 Å². The molecule has 1 N–H and O–H groups in total. The molecular weight excluding hydrogens is 226 g/mol. The molecule has 100 valence electrons. The molecule has 0 heterocycles. The lowest BCUT2D eigenvalue weighted by Gasteiger charge is -2.26. The Labute approximate surface area is 109 Å². The van der Waals surface area contributed by atoms with Gasteiger partial charge in [0.1, 0.15) is 5.75 Å². The first-order valence-corrected chi connectivity index (χ1v) is 6.80. The summed E-state index contributed by atoms with van der Waals surface area (Å²) in [6, 6.07) is 8.65. The number of hydrogen-bond acceptors (Lipinski definition) is 3. The quantitative estimate of drug-likeness (QED) is 0.805. The van der Waals surface area contributed by atoms with Gasteiger partial charge in [-0.2, -0.15) is 0 Å². The summed E-state index contributed by atoms with van der Waals surface area (Å²) < 4.78 is 5.93. The van der Waals surface area contributed by atoms with E-state index in [0.717, 1.165) is 12.3 Å². The molecule has 1 aromatic carbocycles. The molecule has 0 aromatic heterocycles. The minimum Gasteiger partial charge on any atom is -0.490 e. The Balaban J connectivity index is 2.05. The van der Waals surface area contributed by atoms with E-state index in [2.05, 4.69) is 24.8 Å². The van der Waals surface area contributed by atoms with Gasteiger partial charge in [-0.3, -0.25) is 4.90 Å². The zero-order valence-electron chi connectivity index (χ0n) is 11.3. The van der Waals surface area contributed by atoms with E-state index in [0.29, 0.717) is 18.7 Å². The Bertz CT molecular complexity index is 375. The average Bonchev–Trinajstić information content (AvgIpc) is 3.14. The number of ether oxygens (including phenoxy) is 1. The fourth-order valence-electron chi connectivity index (χ4n) is 1.98. The summed E-state index contributed by atoms with van der Waals surface area (Å²) >= 11 is 0. The topological polar surface area (TPSA) is 32.7 Å². The first-order chi connectivity index (χ1) is 8.70. The number of aliphatic hydroxyl groups is 1. The van der Waals surface area contributed by atoms with Crippen molar-refractivity contribution < 1.29 is 9.84 Å². The maximum absolute atomic E-state index is 9.12. The van der Waals surface area contributed by atoms with Gasteiger partial charge in [0.2, 0.25) is 0 Å². The fourth-order valence-corrected chi connectivity index (χ4v) is 1.98. The van der Waals surface area contributed by atoms with E-state index in [1.165, 1.54) is 18.4 Å². The van der Waals surface area contributed by atoms with Crippen molar-refractivity contribution in [2.75, 3.05) is 13.2 Å². The second kappa shape index (κ2) is 6.21. The predicted molar refractivity (Wildman–Crippen MR) is 72.7 cm³/mol. The molecule has 0 bridgehead atoms. The molecule has 18 heavy (non-hydrogen) atoms. The number of rotatable bonds is 7. The van der Waals surface area contributed by atoms with Gasteiger partial charge in [-0.25, -0.2) is 0 Å². The van der Waals surface area contributed by atoms with Gasteiger partial charge < -0.3 is 9.84 Å². The minimum absolute atomic E-state index is 0.198. The molecule has 3 heteroatoms. The van der Waals surface area contributed by atoms with Gasteiger partial charge in [0.25, 0.3) is 0 Å². The highest BCUT2D eigenvalue weighted by atomic mass is 16.5. The van der Waals surface area contributed by atoms with Crippen molar-refractivity contribution in [2.45, 2.75) is 45.4 Å². The zero-order chi connectivity index (χ0) is 13.0. The van der Waals surface area contributed by atoms with Crippen molar-refractivity contribution in [3.05, 3.63) is 29.8 Å². The third kappa shape index (κ3) is 3.72. The van der Waals surface area contributed by atoms with Gasteiger partial charge >= 0.3 is 0 Å². The number of benzene rings is 1. The van der Waals surface area contributed by atoms with Crippen LogP contribution < -0.4 is 4.74 Å². The predicted octanol–water partition coefficient (Wildman–Crippen LogP) is 2.43. The normalized spacial score (nSPS) is 15.4. The average molecular weight is 249 g/mol. The summed E-state index contributed by atoms with van der Waals surface area (Å²) in [7, 11) is 0. The molecule has 3 nitrogen and oxygen atoms in total. The lowest BCUT2D eigenvalue weighted by atomic mass is 10.1. The van der Waals surface area contributed by atoms with Gasteiger partial charge in [0.05, 0.1) is 12.7 Å². The number of aliphatic hydroxyl groups excluding tert-OH is 1. The standard InChI is InChI=1S/C15H23NO2/c1-12(2)16(9-10-17)11-13-5-3-4-6-15(13)18-14-7-8-14/h3-6,12,14,17H,7-11H2,1-2H3. The lowest BCUT2D eigenvalue weighted by Crippen LogP contribution is -2.33. The van der Waals surface area contributed by atoms with Gasteiger partial charge in [-0.15, -0.1) is 0 Å². The molecule has 1 saturated carbocycles. The lowest BCUT2D eigenvalue weighted by molar-refractivity contribution is 0.157. The molecule has 0 radical (unpaired) electrons. The smallest absolute Gasteiger partial charge is 0.124 e. The second-order valence-electron chi connectivity index (χ2n) is 5.21. The molecule has 0 saturated heterocycles. The van der Waals surface area contributed by atoms with Crippen LogP contribution in [0.25, 0.3) is 0 Å². The Morgan fingerprint density at radius 1 is 1.33 bits per heavy atom. The first-order valence-electron chi connectivity index (χ1n) is 6.80. The number of para-hydroxylation sites is 1. The summed E-state index contributed by atoms with van der Waals surface area (Å²) in [5.41, 5.74) is 1.21. The van der Waals surface area contributed by atoms with Crippen molar-refractivity contribution >= 4 is 0 Å². The molecule has 1 fully saturated rings. The fraction of sp³-hybridized carbons (Fsp3) is 0.600. The van der Waals surface area contributed by atoms with Crippen LogP contribution in [0.5, 0.6) is 5.75 Å². The van der Waals surface area contributed by atoms with Gasteiger partial charge in [-0.05, 0) is 32.8 Å². The van der Waals surface area contributed by atoms with Gasteiger partial charge in [0.15, 0.2) is 0 Å². The van der Waals surface area contributed by atoms with Crippen molar-refractivity contribution in [3.8, 4) is 5.75 Å². The number of nitrogens with zero attached hydrogens (tertiary/aromatic N) is 1. The minimum atomic E-state index is 0.198. The molecule has 0 unspecified atom stereocenters. The van der Waals surface area contributed by atoms with Crippen LogP contribution in [-0.4, -0.2) is 35.3 Å². The molecular formula is C15H23NO2. The third-order valence-electron chi connectivity index (χ3n) is 3.28. The van der Waals surface area contributed by atoms with Crippen LogP contribution in [0.3, 0.4) is 0 Å². The Kier molecular flexibility index (Phi) is 4.61. The van der Waals surface area contributed by atoms with Crippen LogP contribution in [0.4, 0.5) is 0 Å². The summed E-state index contributed by atoms with van der Waals surface area (Å²) in [5.74, 6) is 1.00. The van der Waals surface area contributed by atoms with Crippen LogP contribution in [-0.2, 0) is 6.54 Å². The van der Waals surface area contributed by atoms with E-state index in [1.54, 1.807) is 0 Å². The highest BCUT2D eigenvalue weighted by Crippen LogP contribution is 2.29. The van der Waals surface area contributed by atoms with Gasteiger partial charge in [-0.1, -0.05) is 18.2 Å². The monoisotopic (exact) mass is 249 g/mol. The van der Waals surface area contributed by atoms with E-state index >= 15 is 0 Å². The van der Waals surface area contributed by atoms with E-state index in [1.807, 2.05) is 18.2 Å². The van der Waals surface area contributed by atoms with Crippen LogP contribution in [0.15, 0.2) is 24.3 Å². The highest BCUT2D eigenvalue weighted by Gasteiger charge is 2.24. The number of hydrogen-bond donors (Lipinski definition) is 1. The SMILES string of the molecule is CC(C)N(CCO)Cc1ccccc1OC1CC1. The highest BCUT2D eigenvalue weighted by molar-refractivity contribution is 5.33. The summed E-state index contributed by atoms with van der Waals surface area (Å²) in [6.45, 7) is 6.04. The molecule has 2 rings (SSSR count). The maximum Gasteiger partial charge on any atom is 0.124 e. The molecule has 1 aliphatic rings. The first kappa shape index (κ1) is 13.4. The van der Waals surface area contributed by atoms with Crippen molar-refractivity contribution in [3.63, 3.8) is 0 Å². The largest absolute Gasteiger partial charge is 0.490 e. The van der Waals surface area contributed by atoms with E-state index in [-0.39, 0.29) is 6.61 Å². The Morgan fingerprint density at radius 2 is 2.06 bits per heavy atom. The van der Waals surface area contributed by atoms with Crippen LogP contribution in [0.1, 0.15) is 32.3 Å². The van der Waals surface area contributed by atoms with Crippen LogP contribution in [0, 0.1) is 0 Å². The van der Waals surface area contributed by atoms with E-state index in [9.17, 15) is 0 Å². The Hall–Kier alpha value is -1.06. The molecule has 1 aromatic rings. The third-order valence-corrected chi connectivity index (χ3v) is 3.28. The zero-order valence-corrected chi connectivity index (χ0v) is 11.3. The summed E-state index contributed by atoms with van der Waals surface area (Å²) in [4.78, 5) is 2.26.